The molecule has 0 bridgehead atoms. The van der Waals surface area contributed by atoms with Crippen LogP contribution in [0.2, 0.25) is 0 Å². The highest BCUT2D eigenvalue weighted by Crippen LogP contribution is 2.24. The van der Waals surface area contributed by atoms with Crippen LogP contribution in [0.15, 0.2) is 0 Å². The molecule has 0 aliphatic rings. The van der Waals surface area contributed by atoms with E-state index in [-0.39, 0.29) is 11.5 Å². The van der Waals surface area contributed by atoms with Crippen molar-refractivity contribution in [1.82, 2.24) is 0 Å². The van der Waals surface area contributed by atoms with Crippen molar-refractivity contribution in [3.05, 3.63) is 0 Å². The lowest BCUT2D eigenvalue weighted by Gasteiger charge is -2.26. The van der Waals surface area contributed by atoms with Crippen molar-refractivity contribution in [1.29, 1.82) is 0 Å². The molecule has 2 heteroatoms. The molecule has 72 valence electrons. The second kappa shape index (κ2) is 4.61. The molecule has 0 N–H and O–H groups in total. The molecule has 0 amide bonds. The van der Waals surface area contributed by atoms with Crippen molar-refractivity contribution < 1.29 is 9.53 Å². The second-order valence-electron chi connectivity index (χ2n) is 4.33. The Labute approximate surface area is 75.3 Å². The maximum absolute atomic E-state index is 10.6. The summed E-state index contributed by atoms with van der Waals surface area (Å²) in [6, 6.07) is 0. The van der Waals surface area contributed by atoms with E-state index >= 15 is 0 Å². The van der Waals surface area contributed by atoms with Gasteiger partial charge in [-0.25, -0.2) is 0 Å². The lowest BCUT2D eigenvalue weighted by Crippen LogP contribution is -2.27. The summed E-state index contributed by atoms with van der Waals surface area (Å²) in [6.07, 6.45) is 1.98. The minimum atomic E-state index is -0.259. The molecule has 0 saturated heterocycles. The maximum Gasteiger partial charge on any atom is 0.125 e. The highest BCUT2D eigenvalue weighted by Gasteiger charge is 2.24. The summed E-state index contributed by atoms with van der Waals surface area (Å²) in [5, 5.41) is 0. The minimum absolute atomic E-state index is 0.185. The summed E-state index contributed by atoms with van der Waals surface area (Å²) < 4.78 is 5.29. The van der Waals surface area contributed by atoms with E-state index in [1.807, 2.05) is 13.8 Å². The number of ether oxygens (including phenoxy) is 1. The van der Waals surface area contributed by atoms with Crippen LogP contribution in [0, 0.1) is 11.3 Å². The molecule has 0 aromatic heterocycles. The molecule has 0 aliphatic carbocycles. The molecule has 0 aromatic carbocycles. The third-order valence-electron chi connectivity index (χ3n) is 2.09. The van der Waals surface area contributed by atoms with E-state index in [0.29, 0.717) is 5.92 Å². The van der Waals surface area contributed by atoms with Crippen LogP contribution < -0.4 is 0 Å². The molecule has 0 aromatic rings. The standard InChI is InChI=1S/C10H20O2/c1-8(2)9(12-5)6-10(3,4)7-11/h7-9H,6H2,1-5H3. The van der Waals surface area contributed by atoms with E-state index in [9.17, 15) is 4.79 Å². The van der Waals surface area contributed by atoms with Crippen molar-refractivity contribution >= 4 is 6.29 Å². The lowest BCUT2D eigenvalue weighted by molar-refractivity contribution is -0.116. The van der Waals surface area contributed by atoms with Crippen LogP contribution in [0.25, 0.3) is 0 Å². The van der Waals surface area contributed by atoms with Crippen molar-refractivity contribution in [2.45, 2.75) is 40.2 Å². The lowest BCUT2D eigenvalue weighted by atomic mass is 9.85. The van der Waals surface area contributed by atoms with Gasteiger partial charge in [0.15, 0.2) is 0 Å². The first kappa shape index (κ1) is 11.6. The quantitative estimate of drug-likeness (QED) is 0.595. The molecule has 0 rings (SSSR count). The van der Waals surface area contributed by atoms with Crippen molar-refractivity contribution in [3.8, 4) is 0 Å². The summed E-state index contributed by atoms with van der Waals surface area (Å²) in [5.74, 6) is 0.467. The fourth-order valence-electron chi connectivity index (χ4n) is 1.16. The Bertz CT molecular complexity index is 139. The summed E-state index contributed by atoms with van der Waals surface area (Å²) in [4.78, 5) is 10.6. The highest BCUT2D eigenvalue weighted by molar-refractivity contribution is 5.57. The third kappa shape index (κ3) is 3.86. The van der Waals surface area contributed by atoms with Crippen LogP contribution in [0.1, 0.15) is 34.1 Å². The Hall–Kier alpha value is -0.370. The van der Waals surface area contributed by atoms with Gasteiger partial charge in [0.05, 0.1) is 6.10 Å². The molecule has 12 heavy (non-hydrogen) atoms. The topological polar surface area (TPSA) is 26.3 Å². The van der Waals surface area contributed by atoms with Gasteiger partial charge in [-0.15, -0.1) is 0 Å². The van der Waals surface area contributed by atoms with Gasteiger partial charge >= 0.3 is 0 Å². The fraction of sp³-hybridized carbons (Fsp3) is 0.900. The van der Waals surface area contributed by atoms with Gasteiger partial charge in [0, 0.05) is 12.5 Å². The van der Waals surface area contributed by atoms with Crippen LogP contribution in [0.4, 0.5) is 0 Å². The van der Waals surface area contributed by atoms with Gasteiger partial charge in [0.25, 0.3) is 0 Å². The number of aldehydes is 1. The van der Waals surface area contributed by atoms with Gasteiger partial charge in [-0.05, 0) is 12.3 Å². The summed E-state index contributed by atoms with van der Waals surface area (Å²) >= 11 is 0. The van der Waals surface area contributed by atoms with E-state index in [1.165, 1.54) is 0 Å². The van der Waals surface area contributed by atoms with Gasteiger partial charge in [-0.3, -0.25) is 0 Å². The Kier molecular flexibility index (Phi) is 4.46. The number of carbonyl (C=O) groups excluding carboxylic acids is 1. The normalized spacial score (nSPS) is 14.8. The van der Waals surface area contributed by atoms with Gasteiger partial charge < -0.3 is 9.53 Å². The number of hydrogen-bond donors (Lipinski definition) is 0. The molecule has 0 saturated carbocycles. The predicted octanol–water partition coefficient (Wildman–Crippen LogP) is 2.27. The van der Waals surface area contributed by atoms with Crippen LogP contribution >= 0.6 is 0 Å². The second-order valence-corrected chi connectivity index (χ2v) is 4.33. The van der Waals surface area contributed by atoms with E-state index in [1.54, 1.807) is 7.11 Å². The summed E-state index contributed by atoms with van der Waals surface area (Å²) in [5.41, 5.74) is -0.259. The minimum Gasteiger partial charge on any atom is -0.381 e. The zero-order valence-corrected chi connectivity index (χ0v) is 8.76. The molecular weight excluding hydrogens is 152 g/mol. The molecule has 0 spiro atoms. The molecular formula is C10H20O2. The first-order valence-corrected chi connectivity index (χ1v) is 4.42. The largest absolute Gasteiger partial charge is 0.381 e. The molecule has 0 heterocycles. The number of hydrogen-bond acceptors (Lipinski definition) is 2. The third-order valence-corrected chi connectivity index (χ3v) is 2.09. The highest BCUT2D eigenvalue weighted by atomic mass is 16.5. The molecule has 2 nitrogen and oxygen atoms in total. The molecule has 1 unspecified atom stereocenters. The first-order chi connectivity index (χ1) is 5.43. The molecule has 1 atom stereocenters. The predicted molar refractivity (Wildman–Crippen MR) is 50.1 cm³/mol. The molecule has 0 radical (unpaired) electrons. The van der Waals surface area contributed by atoms with E-state index in [2.05, 4.69) is 13.8 Å². The van der Waals surface area contributed by atoms with Crippen LogP contribution in [-0.4, -0.2) is 19.5 Å². The van der Waals surface area contributed by atoms with Crippen LogP contribution in [0.3, 0.4) is 0 Å². The number of rotatable bonds is 5. The zero-order valence-electron chi connectivity index (χ0n) is 8.76. The van der Waals surface area contributed by atoms with Crippen molar-refractivity contribution in [2.24, 2.45) is 11.3 Å². The van der Waals surface area contributed by atoms with Crippen molar-refractivity contribution in [2.75, 3.05) is 7.11 Å². The average Bonchev–Trinajstić information content (AvgIpc) is 2.00. The summed E-state index contributed by atoms with van der Waals surface area (Å²) in [6.45, 7) is 8.09. The molecule has 0 fully saturated rings. The maximum atomic E-state index is 10.6. The Balaban J connectivity index is 4.10. The van der Waals surface area contributed by atoms with Gasteiger partial charge in [-0.2, -0.15) is 0 Å². The fourth-order valence-corrected chi connectivity index (χ4v) is 1.16. The van der Waals surface area contributed by atoms with Gasteiger partial charge in [0.1, 0.15) is 6.29 Å². The van der Waals surface area contributed by atoms with Gasteiger partial charge in [-0.1, -0.05) is 27.7 Å². The Morgan fingerprint density at radius 2 is 1.92 bits per heavy atom. The zero-order chi connectivity index (χ0) is 9.78. The monoisotopic (exact) mass is 172 g/mol. The van der Waals surface area contributed by atoms with E-state index < -0.39 is 0 Å². The average molecular weight is 172 g/mol. The van der Waals surface area contributed by atoms with E-state index in [0.717, 1.165) is 12.7 Å². The SMILES string of the molecule is COC(CC(C)(C)C=O)C(C)C. The Morgan fingerprint density at radius 3 is 2.17 bits per heavy atom. The number of carbonyl (C=O) groups is 1. The summed E-state index contributed by atoms with van der Waals surface area (Å²) in [7, 11) is 1.70. The first-order valence-electron chi connectivity index (χ1n) is 4.42. The van der Waals surface area contributed by atoms with Crippen LogP contribution in [-0.2, 0) is 9.53 Å². The number of methoxy groups -OCH3 is 1. The smallest absolute Gasteiger partial charge is 0.125 e. The van der Waals surface area contributed by atoms with Crippen LogP contribution in [0.5, 0.6) is 0 Å². The molecule has 0 aliphatic heterocycles. The van der Waals surface area contributed by atoms with Gasteiger partial charge in [0.2, 0.25) is 0 Å². The van der Waals surface area contributed by atoms with E-state index in [4.69, 9.17) is 4.74 Å². The van der Waals surface area contributed by atoms with Crippen molar-refractivity contribution in [3.63, 3.8) is 0 Å². The Morgan fingerprint density at radius 1 is 1.42 bits per heavy atom.